The van der Waals surface area contributed by atoms with Crippen LogP contribution in [0.2, 0.25) is 0 Å². The minimum Gasteiger partial charge on any atom is -0.454 e. The largest absolute Gasteiger partial charge is 0.454 e. The highest BCUT2D eigenvalue weighted by molar-refractivity contribution is 7.91. The van der Waals surface area contributed by atoms with E-state index in [0.29, 0.717) is 35.4 Å². The number of aryl methyl sites for hydroxylation is 1. The summed E-state index contributed by atoms with van der Waals surface area (Å²) in [5.74, 6) is -0.0850. The molecule has 0 aliphatic carbocycles. The number of aromatic nitrogens is 3. The number of likely N-dealkylation sites (N-methyl/N-ethyl adjacent to an activating group) is 1. The first-order chi connectivity index (χ1) is 20.7. The molecule has 3 unspecified atom stereocenters. The number of sulfone groups is 1. The molecule has 0 amide bonds. The fourth-order valence-electron chi connectivity index (χ4n) is 4.98. The van der Waals surface area contributed by atoms with Gasteiger partial charge in [-0.1, -0.05) is 36.4 Å². The van der Waals surface area contributed by atoms with Crippen LogP contribution < -0.4 is 15.0 Å². The van der Waals surface area contributed by atoms with E-state index in [2.05, 4.69) is 14.9 Å². The maximum Gasteiger partial charge on any atom is 0.286 e. The van der Waals surface area contributed by atoms with Gasteiger partial charge in [-0.15, -0.1) is 0 Å². The van der Waals surface area contributed by atoms with Gasteiger partial charge in [0.15, 0.2) is 17.3 Å². The van der Waals surface area contributed by atoms with Crippen LogP contribution in [0.3, 0.4) is 0 Å². The second-order valence-electron chi connectivity index (χ2n) is 10.8. The molecule has 4 aromatic rings. The van der Waals surface area contributed by atoms with Gasteiger partial charge in [-0.05, 0) is 55.8 Å². The fraction of sp³-hybridized carbons (Fsp3) is 0.323. The van der Waals surface area contributed by atoms with Gasteiger partial charge in [0.05, 0.1) is 30.7 Å². The van der Waals surface area contributed by atoms with Gasteiger partial charge in [-0.2, -0.15) is 0 Å². The Labute approximate surface area is 248 Å². The second kappa shape index (κ2) is 11.9. The highest BCUT2D eigenvalue weighted by atomic mass is 32.2. The normalized spacial score (nSPS) is 18.0. The molecule has 10 nitrogen and oxygen atoms in total. The first kappa shape index (κ1) is 29.0. The summed E-state index contributed by atoms with van der Waals surface area (Å²) in [4.78, 5) is 23.3. The molecule has 2 aromatic carbocycles. The van der Waals surface area contributed by atoms with E-state index in [4.69, 9.17) is 14.2 Å². The molecule has 4 heterocycles. The number of benzene rings is 2. The molecule has 2 aliphatic rings. The third-order valence-electron chi connectivity index (χ3n) is 7.54. The molecule has 3 atom stereocenters. The van der Waals surface area contributed by atoms with Crippen molar-refractivity contribution in [3.63, 3.8) is 0 Å². The number of nitrogens with zero attached hydrogens (tertiary/aromatic N) is 4. The smallest absolute Gasteiger partial charge is 0.286 e. The molecule has 224 valence electrons. The van der Waals surface area contributed by atoms with Crippen LogP contribution in [0, 0.1) is 12.7 Å². The number of hydrogen-bond acceptors (Lipinski definition) is 9. The van der Waals surface area contributed by atoms with Crippen LogP contribution in [0.1, 0.15) is 29.3 Å². The van der Waals surface area contributed by atoms with E-state index in [-0.39, 0.29) is 41.9 Å². The van der Waals surface area contributed by atoms with Gasteiger partial charge >= 0.3 is 0 Å². The molecule has 0 N–H and O–H groups in total. The molecule has 6 rings (SSSR count). The first-order valence-corrected chi connectivity index (χ1v) is 15.6. The molecule has 2 aromatic heterocycles. The van der Waals surface area contributed by atoms with E-state index in [1.807, 2.05) is 37.4 Å². The maximum atomic E-state index is 14.9. The van der Waals surface area contributed by atoms with Gasteiger partial charge in [0.25, 0.3) is 5.56 Å². The zero-order valence-corrected chi connectivity index (χ0v) is 24.6. The summed E-state index contributed by atoms with van der Waals surface area (Å²) < 4.78 is 59.9. The third kappa shape index (κ3) is 6.61. The second-order valence-corrected chi connectivity index (χ2v) is 12.8. The quantitative estimate of drug-likeness (QED) is 0.186. The summed E-state index contributed by atoms with van der Waals surface area (Å²) >= 11 is 0. The van der Waals surface area contributed by atoms with Crippen molar-refractivity contribution in [3.8, 4) is 22.8 Å². The van der Waals surface area contributed by atoms with E-state index in [9.17, 15) is 17.6 Å². The zero-order chi connectivity index (χ0) is 30.1. The van der Waals surface area contributed by atoms with Crippen molar-refractivity contribution in [1.29, 1.82) is 0 Å². The summed E-state index contributed by atoms with van der Waals surface area (Å²) in [6.07, 6.45) is 1.26. The van der Waals surface area contributed by atoms with Crippen LogP contribution in [-0.4, -0.2) is 66.6 Å². The number of halogens is 1. The Morgan fingerprint density at radius 2 is 1.84 bits per heavy atom. The molecule has 43 heavy (non-hydrogen) atoms. The van der Waals surface area contributed by atoms with Crippen molar-refractivity contribution in [2.45, 2.75) is 37.2 Å². The molecule has 0 radical (unpaired) electrons. The van der Waals surface area contributed by atoms with Gasteiger partial charge in [0.2, 0.25) is 21.8 Å². The lowest BCUT2D eigenvalue weighted by molar-refractivity contribution is 0.0476. The summed E-state index contributed by atoms with van der Waals surface area (Å²) in [6.45, 7) is 3.27. The average Bonchev–Trinajstić information content (AvgIpc) is 3.50. The Morgan fingerprint density at radius 1 is 1.07 bits per heavy atom. The maximum absolute atomic E-state index is 14.9. The number of hydrogen-bond donors (Lipinski definition) is 0. The molecule has 0 saturated carbocycles. The summed E-state index contributed by atoms with van der Waals surface area (Å²) in [6, 6.07) is 17.7. The van der Waals surface area contributed by atoms with Gasteiger partial charge in [0, 0.05) is 30.0 Å². The van der Waals surface area contributed by atoms with Crippen molar-refractivity contribution in [1.82, 2.24) is 19.4 Å². The molecule has 2 aliphatic heterocycles. The Hall–Kier alpha value is -4.13. The molecule has 0 spiro atoms. The van der Waals surface area contributed by atoms with Crippen molar-refractivity contribution >= 4 is 9.84 Å². The highest BCUT2D eigenvalue weighted by Gasteiger charge is 2.31. The van der Waals surface area contributed by atoms with E-state index < -0.39 is 27.3 Å². The SMILES string of the molecule is Cc1cc(-c2cc(F)c(=O)n(Cc3ccc4c(c3)OCO4)c2)nc(S(=O)(=O)CCC(OCC2CN2C)c2ccccc2)n1. The number of fused-ring (bicyclic) bond motifs is 1. The molecular formula is C31H31FN4O6S. The number of pyridine rings is 1. The van der Waals surface area contributed by atoms with Gasteiger partial charge in [-0.25, -0.2) is 22.8 Å². The summed E-state index contributed by atoms with van der Waals surface area (Å²) in [5.41, 5.74) is 1.62. The fourth-order valence-corrected chi connectivity index (χ4v) is 6.21. The third-order valence-corrected chi connectivity index (χ3v) is 9.05. The van der Waals surface area contributed by atoms with Crippen LogP contribution in [0.15, 0.2) is 76.8 Å². The lowest BCUT2D eigenvalue weighted by Crippen LogP contribution is -2.23. The van der Waals surface area contributed by atoms with Gasteiger partial charge < -0.3 is 18.8 Å². The first-order valence-electron chi connectivity index (χ1n) is 13.9. The summed E-state index contributed by atoms with van der Waals surface area (Å²) in [7, 11) is -1.92. The highest BCUT2D eigenvalue weighted by Crippen LogP contribution is 2.33. The molecule has 0 bridgehead atoms. The average molecular weight is 607 g/mol. The van der Waals surface area contributed by atoms with Gasteiger partial charge in [0.1, 0.15) is 0 Å². The van der Waals surface area contributed by atoms with Crippen LogP contribution in [-0.2, 0) is 21.1 Å². The van der Waals surface area contributed by atoms with Crippen LogP contribution >= 0.6 is 0 Å². The number of rotatable bonds is 11. The van der Waals surface area contributed by atoms with Crippen LogP contribution in [0.5, 0.6) is 11.5 Å². The number of ether oxygens (including phenoxy) is 3. The molecule has 1 fully saturated rings. The standard InChI is InChI=1S/C31H31FN4O6S/c1-20-12-26(23-14-25(32)30(37)36(16-23)15-21-8-9-28-29(13-21)42-19-41-28)34-31(33-20)43(38,39)11-10-27(22-6-4-3-5-7-22)40-18-24-17-35(24)2/h3-9,12-14,16,24,27H,10-11,15,17-19H2,1-2H3. The van der Waals surface area contributed by atoms with Crippen molar-refractivity contribution < 1.29 is 27.0 Å². The molecular weight excluding hydrogens is 575 g/mol. The molecule has 1 saturated heterocycles. The predicted octanol–water partition coefficient (Wildman–Crippen LogP) is 3.77. The van der Waals surface area contributed by atoms with Crippen molar-refractivity contribution in [2.75, 3.05) is 32.7 Å². The Morgan fingerprint density at radius 3 is 2.60 bits per heavy atom. The lowest BCUT2D eigenvalue weighted by atomic mass is 10.1. The molecule has 12 heteroatoms. The Balaban J connectivity index is 1.24. The summed E-state index contributed by atoms with van der Waals surface area (Å²) in [5, 5.41) is -0.356. The minimum absolute atomic E-state index is 0.0625. The Bertz CT molecular complexity index is 1820. The lowest BCUT2D eigenvalue weighted by Gasteiger charge is -2.18. The zero-order valence-electron chi connectivity index (χ0n) is 23.8. The van der Waals surface area contributed by atoms with E-state index in [1.165, 1.54) is 10.8 Å². The van der Waals surface area contributed by atoms with Crippen LogP contribution in [0.4, 0.5) is 4.39 Å². The van der Waals surface area contributed by atoms with E-state index in [1.54, 1.807) is 31.2 Å². The topological polar surface area (TPSA) is 113 Å². The van der Waals surface area contributed by atoms with Crippen LogP contribution in [0.25, 0.3) is 11.3 Å². The van der Waals surface area contributed by atoms with Crippen molar-refractivity contribution in [2.24, 2.45) is 0 Å². The minimum atomic E-state index is -3.93. The van der Waals surface area contributed by atoms with E-state index >= 15 is 0 Å². The van der Waals surface area contributed by atoms with E-state index in [0.717, 1.165) is 18.2 Å². The monoisotopic (exact) mass is 606 g/mol. The van der Waals surface area contributed by atoms with Gasteiger partial charge in [-0.3, -0.25) is 9.69 Å². The van der Waals surface area contributed by atoms with Crippen molar-refractivity contribution in [3.05, 3.63) is 99.9 Å². The predicted molar refractivity (Wildman–Crippen MR) is 156 cm³/mol. The Kier molecular flexibility index (Phi) is 7.99.